The zero-order chi connectivity index (χ0) is 15.4. The summed E-state index contributed by atoms with van der Waals surface area (Å²) in [5, 5.41) is 3.00. The minimum absolute atomic E-state index is 0.110. The standard InChI is InChI=1S/C18H23NO2/c1-11-5-6-14(9-12(11)2)19-16(21)18-8-7-13(10-15(18)20)17(18,3)4/h5-6,9,13H,7-8,10H2,1-4H3,(H,19,21). The van der Waals surface area contributed by atoms with Gasteiger partial charge in [0.25, 0.3) is 0 Å². The van der Waals surface area contributed by atoms with E-state index in [4.69, 9.17) is 0 Å². The Labute approximate surface area is 126 Å². The summed E-state index contributed by atoms with van der Waals surface area (Å²) in [4.78, 5) is 25.3. The van der Waals surface area contributed by atoms with Crippen LogP contribution in [-0.2, 0) is 9.59 Å². The number of nitrogens with one attached hydrogen (secondary N) is 1. The van der Waals surface area contributed by atoms with Gasteiger partial charge in [-0.15, -0.1) is 0 Å². The molecule has 1 aromatic rings. The van der Waals surface area contributed by atoms with Crippen molar-refractivity contribution < 1.29 is 9.59 Å². The monoisotopic (exact) mass is 285 g/mol. The van der Waals surface area contributed by atoms with Crippen molar-refractivity contribution in [3.05, 3.63) is 29.3 Å². The maximum atomic E-state index is 12.9. The minimum atomic E-state index is -0.823. The molecule has 3 heteroatoms. The Hall–Kier alpha value is -1.64. The molecule has 0 radical (unpaired) electrons. The molecule has 0 saturated heterocycles. The molecule has 0 spiro atoms. The molecule has 0 heterocycles. The number of hydrogen-bond donors (Lipinski definition) is 1. The number of carbonyl (C=O) groups excluding carboxylic acids is 2. The maximum Gasteiger partial charge on any atom is 0.238 e. The van der Waals surface area contributed by atoms with Gasteiger partial charge in [-0.05, 0) is 61.3 Å². The largest absolute Gasteiger partial charge is 0.325 e. The van der Waals surface area contributed by atoms with E-state index in [1.54, 1.807) is 0 Å². The predicted molar refractivity (Wildman–Crippen MR) is 83.1 cm³/mol. The Morgan fingerprint density at radius 1 is 1.24 bits per heavy atom. The van der Waals surface area contributed by atoms with E-state index in [-0.39, 0.29) is 17.1 Å². The van der Waals surface area contributed by atoms with Crippen molar-refractivity contribution in [2.75, 3.05) is 5.32 Å². The summed E-state index contributed by atoms with van der Waals surface area (Å²) in [6.45, 7) is 8.23. The van der Waals surface area contributed by atoms with Gasteiger partial charge >= 0.3 is 0 Å². The van der Waals surface area contributed by atoms with E-state index in [0.29, 0.717) is 18.8 Å². The zero-order valence-electron chi connectivity index (χ0n) is 13.2. The highest BCUT2D eigenvalue weighted by atomic mass is 16.2. The lowest BCUT2D eigenvalue weighted by Crippen LogP contribution is -2.46. The Morgan fingerprint density at radius 3 is 2.48 bits per heavy atom. The number of carbonyl (C=O) groups is 2. The third kappa shape index (κ3) is 1.79. The van der Waals surface area contributed by atoms with Crippen LogP contribution in [0.25, 0.3) is 0 Å². The average molecular weight is 285 g/mol. The van der Waals surface area contributed by atoms with Gasteiger partial charge in [0.1, 0.15) is 11.2 Å². The Balaban J connectivity index is 1.91. The second kappa shape index (κ2) is 4.43. The number of amides is 1. The first-order valence-electron chi connectivity index (χ1n) is 7.71. The molecule has 2 bridgehead atoms. The van der Waals surface area contributed by atoms with Crippen molar-refractivity contribution in [2.45, 2.75) is 47.0 Å². The van der Waals surface area contributed by atoms with Crippen molar-refractivity contribution >= 4 is 17.4 Å². The molecule has 0 aromatic heterocycles. The summed E-state index contributed by atoms with van der Waals surface area (Å²) in [6, 6.07) is 5.89. The fourth-order valence-electron chi connectivity index (χ4n) is 4.27. The molecule has 2 saturated carbocycles. The fourth-order valence-corrected chi connectivity index (χ4v) is 4.27. The van der Waals surface area contributed by atoms with Gasteiger partial charge in [-0.25, -0.2) is 0 Å². The third-order valence-electron chi connectivity index (χ3n) is 6.05. The number of benzene rings is 1. The van der Waals surface area contributed by atoms with E-state index in [1.807, 2.05) is 32.0 Å². The number of aryl methyl sites for hydroxylation is 2. The van der Waals surface area contributed by atoms with Gasteiger partial charge in [0.2, 0.25) is 5.91 Å². The zero-order valence-corrected chi connectivity index (χ0v) is 13.2. The highest BCUT2D eigenvalue weighted by Gasteiger charge is 2.68. The van der Waals surface area contributed by atoms with Crippen LogP contribution in [0.15, 0.2) is 18.2 Å². The highest BCUT2D eigenvalue weighted by Crippen LogP contribution is 2.64. The molecule has 2 unspecified atom stereocenters. The van der Waals surface area contributed by atoms with Crippen molar-refractivity contribution in [2.24, 2.45) is 16.7 Å². The quantitative estimate of drug-likeness (QED) is 0.843. The van der Waals surface area contributed by atoms with Gasteiger partial charge in [0.15, 0.2) is 0 Å². The minimum Gasteiger partial charge on any atom is -0.325 e. The van der Waals surface area contributed by atoms with Crippen molar-refractivity contribution in [1.29, 1.82) is 0 Å². The third-order valence-corrected chi connectivity index (χ3v) is 6.05. The molecule has 2 fully saturated rings. The SMILES string of the molecule is Cc1ccc(NC(=O)C23CCC(CC2=O)C3(C)C)cc1C. The van der Waals surface area contributed by atoms with E-state index in [2.05, 4.69) is 19.2 Å². The molecule has 0 aliphatic heterocycles. The molecule has 21 heavy (non-hydrogen) atoms. The first-order valence-corrected chi connectivity index (χ1v) is 7.71. The van der Waals surface area contributed by atoms with Gasteiger partial charge < -0.3 is 5.32 Å². The van der Waals surface area contributed by atoms with E-state index in [1.165, 1.54) is 5.56 Å². The Bertz CT molecular complexity index is 632. The van der Waals surface area contributed by atoms with Crippen LogP contribution < -0.4 is 5.32 Å². The number of anilines is 1. The second-order valence-corrected chi connectivity index (χ2v) is 7.24. The molecule has 2 aliphatic rings. The first kappa shape index (κ1) is 14.3. The number of fused-ring (bicyclic) bond motifs is 2. The fraction of sp³-hybridized carbons (Fsp3) is 0.556. The molecule has 2 atom stereocenters. The van der Waals surface area contributed by atoms with Gasteiger partial charge in [-0.2, -0.15) is 0 Å². The van der Waals surface area contributed by atoms with E-state index >= 15 is 0 Å². The summed E-state index contributed by atoms with van der Waals surface area (Å²) < 4.78 is 0. The summed E-state index contributed by atoms with van der Waals surface area (Å²) in [5.74, 6) is 0.376. The highest BCUT2D eigenvalue weighted by molar-refractivity contribution is 6.14. The average Bonchev–Trinajstić information content (AvgIpc) is 2.77. The molecule has 3 nitrogen and oxygen atoms in total. The van der Waals surface area contributed by atoms with E-state index < -0.39 is 5.41 Å². The smallest absolute Gasteiger partial charge is 0.238 e. The number of Topliss-reactive ketones (excluding diaryl/α,β-unsaturated/α-hetero) is 1. The van der Waals surface area contributed by atoms with Crippen LogP contribution in [0.4, 0.5) is 5.69 Å². The lowest BCUT2D eigenvalue weighted by molar-refractivity contribution is -0.141. The normalized spacial score (nSPS) is 29.7. The maximum absolute atomic E-state index is 12.9. The summed E-state index contributed by atoms with van der Waals surface area (Å²) >= 11 is 0. The van der Waals surface area contributed by atoms with Crippen molar-refractivity contribution in [3.8, 4) is 0 Å². The molecule has 1 aromatic carbocycles. The van der Waals surface area contributed by atoms with Crippen LogP contribution in [0, 0.1) is 30.6 Å². The first-order chi connectivity index (χ1) is 9.79. The van der Waals surface area contributed by atoms with Gasteiger partial charge in [0.05, 0.1) is 0 Å². The molecule has 112 valence electrons. The lowest BCUT2D eigenvalue weighted by Gasteiger charge is -2.34. The summed E-state index contributed by atoms with van der Waals surface area (Å²) in [7, 11) is 0. The predicted octanol–water partition coefficient (Wildman–Crippen LogP) is 3.64. The second-order valence-electron chi connectivity index (χ2n) is 7.24. The van der Waals surface area contributed by atoms with Crippen LogP contribution in [0.3, 0.4) is 0 Å². The topological polar surface area (TPSA) is 46.2 Å². The van der Waals surface area contributed by atoms with Crippen LogP contribution in [0.2, 0.25) is 0 Å². The van der Waals surface area contributed by atoms with Crippen molar-refractivity contribution in [1.82, 2.24) is 0 Å². The van der Waals surface area contributed by atoms with E-state index in [0.717, 1.165) is 17.7 Å². The molecule has 2 aliphatic carbocycles. The number of hydrogen-bond acceptors (Lipinski definition) is 2. The Morgan fingerprint density at radius 2 is 1.95 bits per heavy atom. The number of rotatable bonds is 2. The Kier molecular flexibility index (Phi) is 3.01. The molecule has 1 N–H and O–H groups in total. The van der Waals surface area contributed by atoms with Crippen LogP contribution >= 0.6 is 0 Å². The molecule has 1 amide bonds. The van der Waals surface area contributed by atoms with Crippen LogP contribution in [0.5, 0.6) is 0 Å². The molecular weight excluding hydrogens is 262 g/mol. The van der Waals surface area contributed by atoms with Crippen LogP contribution in [0.1, 0.15) is 44.2 Å². The van der Waals surface area contributed by atoms with Crippen LogP contribution in [-0.4, -0.2) is 11.7 Å². The van der Waals surface area contributed by atoms with Gasteiger partial charge in [0, 0.05) is 12.1 Å². The number of ketones is 1. The molecule has 3 rings (SSSR count). The van der Waals surface area contributed by atoms with E-state index in [9.17, 15) is 9.59 Å². The van der Waals surface area contributed by atoms with Gasteiger partial charge in [-0.3, -0.25) is 9.59 Å². The lowest BCUT2D eigenvalue weighted by atomic mass is 9.68. The van der Waals surface area contributed by atoms with Crippen molar-refractivity contribution in [3.63, 3.8) is 0 Å². The van der Waals surface area contributed by atoms with Gasteiger partial charge in [-0.1, -0.05) is 19.9 Å². The summed E-state index contributed by atoms with van der Waals surface area (Å²) in [5.41, 5.74) is 2.08. The summed E-state index contributed by atoms with van der Waals surface area (Å²) in [6.07, 6.45) is 2.24. The molecular formula is C18H23NO2.